The highest BCUT2D eigenvalue weighted by Crippen LogP contribution is 2.00. The number of esters is 1. The Bertz CT molecular complexity index is 271. The van der Waals surface area contributed by atoms with E-state index in [1.165, 1.54) is 19.3 Å². The second kappa shape index (κ2) is 12.8. The molecule has 0 atom stereocenters. The van der Waals surface area contributed by atoms with Crippen LogP contribution in [-0.2, 0) is 9.53 Å². The first-order valence-electron chi connectivity index (χ1n) is 6.51. The minimum Gasteiger partial charge on any atom is -0.466 e. The van der Waals surface area contributed by atoms with Gasteiger partial charge in [-0.05, 0) is 38.3 Å². The van der Waals surface area contributed by atoms with Crippen LogP contribution in [0.5, 0.6) is 0 Å². The Labute approximate surface area is 105 Å². The lowest BCUT2D eigenvalue weighted by Gasteiger charge is -1.94. The van der Waals surface area contributed by atoms with Gasteiger partial charge in [0, 0.05) is 0 Å². The maximum atomic E-state index is 11.0. The number of hydrogen-bond donors (Lipinski definition) is 0. The van der Waals surface area contributed by atoms with E-state index in [1.807, 2.05) is 6.08 Å². The molecule has 0 aliphatic heterocycles. The number of rotatable bonds is 9. The van der Waals surface area contributed by atoms with Gasteiger partial charge in [-0.1, -0.05) is 31.9 Å². The van der Waals surface area contributed by atoms with E-state index < -0.39 is 0 Å². The largest absolute Gasteiger partial charge is 0.466 e. The zero-order valence-corrected chi connectivity index (χ0v) is 11.1. The van der Waals surface area contributed by atoms with Crippen molar-refractivity contribution in [3.05, 3.63) is 30.0 Å². The maximum absolute atomic E-state index is 11.0. The average Bonchev–Trinajstić information content (AvgIpc) is 2.32. The minimum absolute atomic E-state index is 0.191. The molecular formula is C15H24O2. The highest BCUT2D eigenvalue weighted by Gasteiger charge is 1.94. The van der Waals surface area contributed by atoms with Crippen LogP contribution >= 0.6 is 0 Å². The summed E-state index contributed by atoms with van der Waals surface area (Å²) in [5.74, 6) is -0.191. The van der Waals surface area contributed by atoms with Crippen LogP contribution in [0.1, 0.15) is 52.4 Å². The Morgan fingerprint density at radius 2 is 2.00 bits per heavy atom. The lowest BCUT2D eigenvalue weighted by Crippen LogP contribution is -2.00. The van der Waals surface area contributed by atoms with E-state index in [2.05, 4.69) is 24.8 Å². The summed E-state index contributed by atoms with van der Waals surface area (Å²) in [5.41, 5.74) is 2.97. The van der Waals surface area contributed by atoms with Crippen molar-refractivity contribution in [3.63, 3.8) is 0 Å². The molecule has 0 radical (unpaired) electrons. The van der Waals surface area contributed by atoms with Gasteiger partial charge >= 0.3 is 5.97 Å². The van der Waals surface area contributed by atoms with Gasteiger partial charge in [-0.25, -0.2) is 0 Å². The van der Waals surface area contributed by atoms with Crippen LogP contribution in [0.2, 0.25) is 0 Å². The first-order chi connectivity index (χ1) is 8.31. The van der Waals surface area contributed by atoms with Gasteiger partial charge in [0.15, 0.2) is 0 Å². The predicted octanol–water partition coefficient (Wildman–Crippen LogP) is 4.18. The molecular weight excluding hydrogens is 212 g/mol. The summed E-state index contributed by atoms with van der Waals surface area (Å²) in [7, 11) is 0. The van der Waals surface area contributed by atoms with Crippen molar-refractivity contribution >= 4 is 5.97 Å². The third-order valence-electron chi connectivity index (χ3n) is 2.20. The molecule has 2 nitrogen and oxygen atoms in total. The van der Waals surface area contributed by atoms with Gasteiger partial charge in [-0.2, -0.15) is 0 Å². The van der Waals surface area contributed by atoms with Crippen LogP contribution in [0.3, 0.4) is 0 Å². The van der Waals surface area contributed by atoms with Crippen LogP contribution in [0.15, 0.2) is 30.0 Å². The SMILES string of the molecule is CCCCCC=CCC=C=CCC(=O)OCC. The molecule has 96 valence electrons. The van der Waals surface area contributed by atoms with Crippen molar-refractivity contribution in [3.8, 4) is 0 Å². The molecule has 17 heavy (non-hydrogen) atoms. The highest BCUT2D eigenvalue weighted by molar-refractivity contribution is 5.70. The van der Waals surface area contributed by atoms with Crippen LogP contribution in [-0.4, -0.2) is 12.6 Å². The minimum atomic E-state index is -0.191. The Kier molecular flexibility index (Phi) is 11.8. The van der Waals surface area contributed by atoms with Gasteiger partial charge in [-0.15, -0.1) is 5.73 Å². The number of hydrogen-bond acceptors (Lipinski definition) is 2. The fraction of sp³-hybridized carbons (Fsp3) is 0.600. The number of unbranched alkanes of at least 4 members (excludes halogenated alkanes) is 3. The molecule has 2 heteroatoms. The van der Waals surface area contributed by atoms with E-state index in [4.69, 9.17) is 4.74 Å². The smallest absolute Gasteiger partial charge is 0.310 e. The molecule has 0 aromatic rings. The summed E-state index contributed by atoms with van der Waals surface area (Å²) in [6.45, 7) is 4.46. The molecule has 0 unspecified atom stereocenters. The summed E-state index contributed by atoms with van der Waals surface area (Å²) in [6, 6.07) is 0. The zero-order chi connectivity index (χ0) is 12.8. The fourth-order valence-corrected chi connectivity index (χ4v) is 1.31. The van der Waals surface area contributed by atoms with E-state index in [1.54, 1.807) is 13.0 Å². The maximum Gasteiger partial charge on any atom is 0.310 e. The van der Waals surface area contributed by atoms with Crippen LogP contribution in [0.25, 0.3) is 0 Å². The molecule has 0 aromatic carbocycles. The lowest BCUT2D eigenvalue weighted by molar-refractivity contribution is -0.142. The number of carbonyl (C=O) groups excluding carboxylic acids is 1. The molecule has 0 heterocycles. The van der Waals surface area contributed by atoms with Gasteiger partial charge in [0.05, 0.1) is 13.0 Å². The highest BCUT2D eigenvalue weighted by atomic mass is 16.5. The van der Waals surface area contributed by atoms with Gasteiger partial charge in [-0.3, -0.25) is 4.79 Å². The molecule has 0 amide bonds. The van der Waals surface area contributed by atoms with Crippen molar-refractivity contribution in [1.82, 2.24) is 0 Å². The Morgan fingerprint density at radius 3 is 2.71 bits per heavy atom. The van der Waals surface area contributed by atoms with Crippen LogP contribution in [0, 0.1) is 0 Å². The normalized spacial score (nSPS) is 10.0. The predicted molar refractivity (Wildman–Crippen MR) is 71.8 cm³/mol. The van der Waals surface area contributed by atoms with E-state index in [0.717, 1.165) is 12.8 Å². The molecule has 0 N–H and O–H groups in total. The average molecular weight is 236 g/mol. The lowest BCUT2D eigenvalue weighted by atomic mass is 10.2. The van der Waals surface area contributed by atoms with Crippen molar-refractivity contribution in [1.29, 1.82) is 0 Å². The summed E-state index contributed by atoms with van der Waals surface area (Å²) in [5, 5.41) is 0. The number of allylic oxidation sites excluding steroid dienone is 2. The van der Waals surface area contributed by atoms with Gasteiger partial charge in [0.2, 0.25) is 0 Å². The van der Waals surface area contributed by atoms with E-state index in [0.29, 0.717) is 13.0 Å². The fourth-order valence-electron chi connectivity index (χ4n) is 1.31. The van der Waals surface area contributed by atoms with Gasteiger partial charge in [0.1, 0.15) is 0 Å². The monoisotopic (exact) mass is 236 g/mol. The summed E-state index contributed by atoms with van der Waals surface area (Å²) < 4.78 is 4.79. The Hall–Kier alpha value is -1.27. The van der Waals surface area contributed by atoms with Crippen LogP contribution in [0.4, 0.5) is 0 Å². The second-order valence-electron chi connectivity index (χ2n) is 3.79. The zero-order valence-electron chi connectivity index (χ0n) is 11.1. The number of carbonyl (C=O) groups is 1. The molecule has 0 aromatic heterocycles. The molecule has 0 saturated carbocycles. The molecule has 0 fully saturated rings. The Morgan fingerprint density at radius 1 is 1.18 bits per heavy atom. The number of ether oxygens (including phenoxy) is 1. The molecule has 0 rings (SSSR count). The van der Waals surface area contributed by atoms with Crippen molar-refractivity contribution in [2.24, 2.45) is 0 Å². The summed E-state index contributed by atoms with van der Waals surface area (Å²) in [6.07, 6.45) is 14.2. The first kappa shape index (κ1) is 15.7. The van der Waals surface area contributed by atoms with Gasteiger partial charge < -0.3 is 4.74 Å². The molecule has 0 aliphatic carbocycles. The van der Waals surface area contributed by atoms with Crippen molar-refractivity contribution < 1.29 is 9.53 Å². The van der Waals surface area contributed by atoms with Gasteiger partial charge in [0.25, 0.3) is 0 Å². The van der Waals surface area contributed by atoms with E-state index >= 15 is 0 Å². The van der Waals surface area contributed by atoms with Crippen LogP contribution < -0.4 is 0 Å². The van der Waals surface area contributed by atoms with E-state index in [9.17, 15) is 4.79 Å². The molecule has 0 bridgehead atoms. The second-order valence-corrected chi connectivity index (χ2v) is 3.79. The first-order valence-corrected chi connectivity index (χ1v) is 6.51. The summed E-state index contributed by atoms with van der Waals surface area (Å²) in [4.78, 5) is 11.0. The summed E-state index contributed by atoms with van der Waals surface area (Å²) >= 11 is 0. The third-order valence-corrected chi connectivity index (χ3v) is 2.20. The van der Waals surface area contributed by atoms with E-state index in [-0.39, 0.29) is 5.97 Å². The molecule has 0 spiro atoms. The quantitative estimate of drug-likeness (QED) is 0.260. The van der Waals surface area contributed by atoms with Crippen molar-refractivity contribution in [2.45, 2.75) is 52.4 Å². The van der Waals surface area contributed by atoms with Crippen molar-refractivity contribution in [2.75, 3.05) is 6.61 Å². The standard InChI is InChI=1S/C15H24O2/c1-3-5-6-7-8-9-10-11-12-13-14-15(16)17-4-2/h8-9,11,13H,3-7,10,14H2,1-2H3. The topological polar surface area (TPSA) is 26.3 Å². The molecule has 0 aliphatic rings. The molecule has 0 saturated heterocycles. The Balaban J connectivity index is 3.52. The third kappa shape index (κ3) is 12.7.